The summed E-state index contributed by atoms with van der Waals surface area (Å²) in [5.74, 6) is 1.30. The molecule has 0 aliphatic rings. The molecule has 0 aromatic carbocycles. The van der Waals surface area contributed by atoms with Crippen molar-refractivity contribution in [3.05, 3.63) is 0 Å². The van der Waals surface area contributed by atoms with Crippen LogP contribution in [0.15, 0.2) is 10.2 Å². The zero-order valence-corrected chi connectivity index (χ0v) is 23.6. The quantitative estimate of drug-likeness (QED) is 0.187. The molecule has 0 aliphatic heterocycles. The van der Waals surface area contributed by atoms with Crippen LogP contribution in [0.4, 0.5) is 9.59 Å². The molecule has 0 rings (SSSR count). The molecule has 182 valence electrons. The van der Waals surface area contributed by atoms with Crippen molar-refractivity contribution in [1.29, 1.82) is 0 Å². The minimum atomic E-state index is -2.35. The second kappa shape index (κ2) is 14.9. The van der Waals surface area contributed by atoms with Crippen LogP contribution >= 0.6 is 0 Å². The van der Waals surface area contributed by atoms with Crippen LogP contribution in [0.2, 0.25) is 36.3 Å². The van der Waals surface area contributed by atoms with Crippen molar-refractivity contribution in [2.24, 2.45) is 28.0 Å². The normalized spacial score (nSPS) is 12.9. The van der Waals surface area contributed by atoms with E-state index in [1.165, 1.54) is 0 Å². The Balaban J connectivity index is 5.42. The summed E-state index contributed by atoms with van der Waals surface area (Å²) in [5.41, 5.74) is 0. The Morgan fingerprint density at radius 3 is 1.16 bits per heavy atom. The zero-order chi connectivity index (χ0) is 24.1. The molecule has 0 unspecified atom stereocenters. The van der Waals surface area contributed by atoms with Gasteiger partial charge in [0.15, 0.2) is 0 Å². The maximum Gasteiger partial charge on any atom is 0.439 e. The Morgan fingerprint density at radius 2 is 0.903 bits per heavy atom. The number of hydrogen-bond acceptors (Lipinski definition) is 4. The van der Waals surface area contributed by atoms with Crippen molar-refractivity contribution < 1.29 is 18.4 Å². The predicted octanol–water partition coefficient (Wildman–Crippen LogP) is 8.80. The molecule has 0 bridgehead atoms. The van der Waals surface area contributed by atoms with E-state index in [1.54, 1.807) is 0 Å². The molecule has 31 heavy (non-hydrogen) atoms. The van der Waals surface area contributed by atoms with Gasteiger partial charge in [-0.2, -0.15) is 0 Å². The Kier molecular flexibility index (Phi) is 14.4. The van der Waals surface area contributed by atoms with Crippen LogP contribution in [-0.4, -0.2) is 28.8 Å². The van der Waals surface area contributed by atoms with E-state index in [-0.39, 0.29) is 0 Å². The Bertz CT molecular complexity index is 522. The molecule has 0 aliphatic carbocycles. The first-order valence-electron chi connectivity index (χ1n) is 12.3. The maximum atomic E-state index is 12.6. The van der Waals surface area contributed by atoms with Gasteiger partial charge in [0.05, 0.1) is 0 Å². The topological polar surface area (TPSA) is 77.3 Å². The Morgan fingerprint density at radius 1 is 0.613 bits per heavy atom. The van der Waals surface area contributed by atoms with Gasteiger partial charge in [0.2, 0.25) is 0 Å². The zero-order valence-electron chi connectivity index (χ0n) is 21.6. The van der Waals surface area contributed by atoms with Crippen molar-refractivity contribution in [3.63, 3.8) is 0 Å². The molecular weight excluding hydrogens is 424 g/mol. The van der Waals surface area contributed by atoms with Crippen molar-refractivity contribution in [2.45, 2.75) is 118 Å². The highest BCUT2D eigenvalue weighted by molar-refractivity contribution is 6.75. The lowest BCUT2D eigenvalue weighted by Crippen LogP contribution is -2.43. The smallest absolute Gasteiger partial charge is 0.439 e. The third kappa shape index (κ3) is 12.6. The van der Waals surface area contributed by atoms with E-state index in [0.29, 0.717) is 17.8 Å². The van der Waals surface area contributed by atoms with E-state index < -0.39 is 28.8 Å². The molecule has 0 spiro atoms. The van der Waals surface area contributed by atoms with Crippen LogP contribution in [0, 0.1) is 17.8 Å². The highest BCUT2D eigenvalue weighted by Crippen LogP contribution is 2.33. The van der Waals surface area contributed by atoms with Gasteiger partial charge in [0.1, 0.15) is 0 Å². The van der Waals surface area contributed by atoms with Gasteiger partial charge in [-0.3, -0.25) is 0 Å². The summed E-state index contributed by atoms with van der Waals surface area (Å²) in [5, 5.41) is 7.27. The minimum Gasteiger partial charge on any atom is -0.501 e. The minimum absolute atomic E-state index is 0.433. The summed E-state index contributed by atoms with van der Waals surface area (Å²) >= 11 is 0. The van der Waals surface area contributed by atoms with Crippen LogP contribution in [0.3, 0.4) is 0 Å². The van der Waals surface area contributed by atoms with Gasteiger partial charge in [-0.25, -0.2) is 9.59 Å². The number of rotatable bonds is 14. The summed E-state index contributed by atoms with van der Waals surface area (Å²) in [4.78, 5) is 25.0. The van der Waals surface area contributed by atoms with Gasteiger partial charge >= 0.3 is 12.2 Å². The monoisotopic (exact) mass is 472 g/mol. The molecule has 0 saturated heterocycles. The Labute approximate surface area is 193 Å². The fourth-order valence-corrected chi connectivity index (χ4v) is 14.8. The first-order chi connectivity index (χ1) is 14.4. The summed E-state index contributed by atoms with van der Waals surface area (Å²) in [6.45, 7) is 19.3. The SMILES string of the molecule is CCC[Si](CCC)(CCC)OC(=O)/N=N/C(=O)O[Si](CC(C)C)(CC(C)C)CC(C)C. The lowest BCUT2D eigenvalue weighted by atomic mass is 10.2. The summed E-state index contributed by atoms with van der Waals surface area (Å²) in [6, 6.07) is 5.46. The van der Waals surface area contributed by atoms with Crippen molar-refractivity contribution >= 4 is 28.8 Å². The highest BCUT2D eigenvalue weighted by atomic mass is 28.4. The molecule has 0 saturated carbocycles. The Hall–Kier alpha value is -1.03. The van der Waals surface area contributed by atoms with Crippen LogP contribution in [-0.2, 0) is 8.85 Å². The van der Waals surface area contributed by atoms with Gasteiger partial charge in [0.25, 0.3) is 16.6 Å². The predicted molar refractivity (Wildman–Crippen MR) is 134 cm³/mol. The molecule has 0 aromatic heterocycles. The average Bonchev–Trinajstić information content (AvgIpc) is 2.58. The number of carbonyl (C=O) groups excluding carboxylic acids is 2. The molecule has 8 heteroatoms. The van der Waals surface area contributed by atoms with Crippen LogP contribution < -0.4 is 0 Å². The molecule has 0 radical (unpaired) electrons. The third-order valence-electron chi connectivity index (χ3n) is 5.28. The fourth-order valence-electron chi connectivity index (χ4n) is 4.99. The molecule has 0 fully saturated rings. The molecule has 0 atom stereocenters. The average molecular weight is 473 g/mol. The number of amides is 2. The third-order valence-corrected chi connectivity index (χ3v) is 15.4. The summed E-state index contributed by atoms with van der Waals surface area (Å²) in [7, 11) is -4.54. The lowest BCUT2D eigenvalue weighted by Gasteiger charge is -2.34. The second-order valence-electron chi connectivity index (χ2n) is 10.3. The largest absolute Gasteiger partial charge is 0.501 e. The van der Waals surface area contributed by atoms with Crippen LogP contribution in [0.25, 0.3) is 0 Å². The first-order valence-corrected chi connectivity index (χ1v) is 17.4. The molecule has 0 heterocycles. The van der Waals surface area contributed by atoms with Crippen molar-refractivity contribution in [1.82, 2.24) is 0 Å². The lowest BCUT2D eigenvalue weighted by molar-refractivity contribution is 0.195. The van der Waals surface area contributed by atoms with E-state index in [9.17, 15) is 9.59 Å². The van der Waals surface area contributed by atoms with E-state index in [0.717, 1.165) is 55.5 Å². The number of azo groups is 1. The van der Waals surface area contributed by atoms with E-state index in [2.05, 4.69) is 72.5 Å². The highest BCUT2D eigenvalue weighted by Gasteiger charge is 2.41. The fraction of sp³-hybridized carbons (Fsp3) is 0.913. The summed E-state index contributed by atoms with van der Waals surface area (Å²) < 4.78 is 11.9. The van der Waals surface area contributed by atoms with Gasteiger partial charge in [-0.1, -0.05) is 91.8 Å². The maximum absolute atomic E-state index is 12.6. The van der Waals surface area contributed by atoms with Gasteiger partial charge in [-0.15, -0.1) is 0 Å². The van der Waals surface area contributed by atoms with Gasteiger partial charge < -0.3 is 8.85 Å². The van der Waals surface area contributed by atoms with E-state index in [4.69, 9.17) is 8.85 Å². The standard InChI is InChI=1S/C23H48N2O4Si2/c1-10-13-30(14-11-2,15-12-3)28-22(26)24-25-23(27)29-31(16-19(4)5,17-20(6)7)18-21(8)9/h19-21H,10-18H2,1-9H3/b25-24+. The number of nitrogens with zero attached hydrogens (tertiary/aromatic N) is 2. The van der Waals surface area contributed by atoms with Crippen molar-refractivity contribution in [3.8, 4) is 0 Å². The molecule has 0 N–H and O–H groups in total. The number of carbonyl (C=O) groups is 2. The number of hydrogen-bond donors (Lipinski definition) is 0. The summed E-state index contributed by atoms with van der Waals surface area (Å²) in [6.07, 6.45) is 1.47. The van der Waals surface area contributed by atoms with Crippen molar-refractivity contribution in [2.75, 3.05) is 0 Å². The molecule has 0 aromatic rings. The van der Waals surface area contributed by atoms with Gasteiger partial charge in [0, 0.05) is 0 Å². The second-order valence-corrected chi connectivity index (χ2v) is 18.2. The molecular formula is C23H48N2O4Si2. The van der Waals surface area contributed by atoms with Gasteiger partial charge in [-0.05, 0) is 54.0 Å². The first kappa shape index (κ1) is 30.0. The molecule has 6 nitrogen and oxygen atoms in total. The van der Waals surface area contributed by atoms with E-state index >= 15 is 0 Å². The van der Waals surface area contributed by atoms with Crippen LogP contribution in [0.1, 0.15) is 81.6 Å². The van der Waals surface area contributed by atoms with Crippen LogP contribution in [0.5, 0.6) is 0 Å². The van der Waals surface area contributed by atoms with E-state index in [1.807, 2.05) is 0 Å². The molecule has 2 amide bonds.